The van der Waals surface area contributed by atoms with E-state index >= 15 is 0 Å². The summed E-state index contributed by atoms with van der Waals surface area (Å²) in [5, 5.41) is 10.3. The quantitative estimate of drug-likeness (QED) is 0.821. The van der Waals surface area contributed by atoms with Gasteiger partial charge in [0.05, 0.1) is 6.10 Å². The van der Waals surface area contributed by atoms with Crippen molar-refractivity contribution in [2.45, 2.75) is 33.8 Å². The van der Waals surface area contributed by atoms with E-state index in [0.717, 1.165) is 5.56 Å². The molecule has 1 aromatic rings. The first-order valence-corrected chi connectivity index (χ1v) is 5.92. The zero-order valence-corrected chi connectivity index (χ0v) is 10.7. The number of rotatable bonds is 4. The maximum Gasteiger partial charge on any atom is 0.0832 e. The molecule has 90 valence electrons. The van der Waals surface area contributed by atoms with Gasteiger partial charge in [0.2, 0.25) is 0 Å². The number of hydrogen-bond donors (Lipinski definition) is 2. The molecule has 0 bridgehead atoms. The van der Waals surface area contributed by atoms with Crippen LogP contribution in [0.2, 0.25) is 0 Å². The molecule has 0 fully saturated rings. The molecule has 0 aliphatic heterocycles. The van der Waals surface area contributed by atoms with Gasteiger partial charge in [-0.15, -0.1) is 0 Å². The van der Waals surface area contributed by atoms with E-state index in [1.54, 1.807) is 0 Å². The molecule has 2 nitrogen and oxygen atoms in total. The lowest BCUT2D eigenvalue weighted by molar-refractivity contribution is 0.0860. The van der Waals surface area contributed by atoms with E-state index in [4.69, 9.17) is 5.73 Å². The molecule has 0 aromatic heterocycles. The molecule has 0 heterocycles. The molecular formula is C14H23NO. The van der Waals surface area contributed by atoms with Gasteiger partial charge in [0, 0.05) is 5.92 Å². The highest BCUT2D eigenvalue weighted by Crippen LogP contribution is 2.28. The fourth-order valence-corrected chi connectivity index (χ4v) is 1.96. The van der Waals surface area contributed by atoms with Crippen molar-refractivity contribution in [1.82, 2.24) is 0 Å². The Labute approximate surface area is 98.5 Å². The zero-order valence-electron chi connectivity index (χ0n) is 10.7. The monoisotopic (exact) mass is 221 g/mol. The smallest absolute Gasteiger partial charge is 0.0832 e. The highest BCUT2D eigenvalue weighted by molar-refractivity contribution is 5.31. The van der Waals surface area contributed by atoms with E-state index in [0.29, 0.717) is 12.5 Å². The Morgan fingerprint density at radius 2 is 1.81 bits per heavy atom. The number of nitrogens with two attached hydrogens (primary N) is 1. The van der Waals surface area contributed by atoms with E-state index in [2.05, 4.69) is 39.8 Å². The summed E-state index contributed by atoms with van der Waals surface area (Å²) in [6.45, 7) is 8.86. The van der Waals surface area contributed by atoms with Crippen LogP contribution in [0.3, 0.4) is 0 Å². The molecule has 3 N–H and O–H groups in total. The average molecular weight is 221 g/mol. The normalized spacial score (nSPS) is 15.2. The molecule has 0 spiro atoms. The first kappa shape index (κ1) is 13.2. The van der Waals surface area contributed by atoms with Crippen LogP contribution in [0.25, 0.3) is 0 Å². The maximum atomic E-state index is 10.3. The Hall–Kier alpha value is -0.860. The van der Waals surface area contributed by atoms with Gasteiger partial charge < -0.3 is 10.8 Å². The lowest BCUT2D eigenvalue weighted by Crippen LogP contribution is -2.26. The maximum absolute atomic E-state index is 10.3. The molecule has 16 heavy (non-hydrogen) atoms. The Morgan fingerprint density at radius 1 is 1.19 bits per heavy atom. The van der Waals surface area contributed by atoms with Crippen molar-refractivity contribution in [2.75, 3.05) is 6.54 Å². The fraction of sp³-hybridized carbons (Fsp3) is 0.571. The fourth-order valence-electron chi connectivity index (χ4n) is 1.96. The van der Waals surface area contributed by atoms with Crippen LogP contribution in [0.5, 0.6) is 0 Å². The van der Waals surface area contributed by atoms with E-state index < -0.39 is 6.10 Å². The summed E-state index contributed by atoms with van der Waals surface area (Å²) in [5.74, 6) is 0.517. The summed E-state index contributed by atoms with van der Waals surface area (Å²) in [6.07, 6.45) is -0.454. The Kier molecular flexibility index (Phi) is 4.51. The van der Waals surface area contributed by atoms with Crippen LogP contribution in [-0.2, 0) is 0 Å². The van der Waals surface area contributed by atoms with E-state index in [-0.39, 0.29) is 5.92 Å². The zero-order chi connectivity index (χ0) is 12.3. The van der Waals surface area contributed by atoms with Gasteiger partial charge in [0.15, 0.2) is 0 Å². The molecule has 0 saturated carbocycles. The molecular weight excluding hydrogens is 198 g/mol. The third-order valence-electron chi connectivity index (χ3n) is 3.41. The predicted molar refractivity (Wildman–Crippen MR) is 68.3 cm³/mol. The van der Waals surface area contributed by atoms with Crippen LogP contribution in [0.15, 0.2) is 18.2 Å². The van der Waals surface area contributed by atoms with E-state index in [1.807, 2.05) is 6.07 Å². The summed E-state index contributed by atoms with van der Waals surface area (Å²) < 4.78 is 0. The molecule has 1 aromatic carbocycles. The Bertz CT molecular complexity index is 347. The number of benzene rings is 1. The second kappa shape index (κ2) is 5.46. The molecule has 1 rings (SSSR count). The predicted octanol–water partition coefficient (Wildman–Crippen LogP) is 2.57. The highest BCUT2D eigenvalue weighted by atomic mass is 16.3. The van der Waals surface area contributed by atoms with Gasteiger partial charge in [0.25, 0.3) is 0 Å². The standard InChI is InChI=1S/C14H23NO/c1-9(2)13(8-15)14(16)12-6-5-10(3)11(4)7-12/h5-7,9,13-14,16H,8,15H2,1-4H3. The third-order valence-corrected chi connectivity index (χ3v) is 3.41. The van der Waals surface area contributed by atoms with Crippen LogP contribution >= 0.6 is 0 Å². The van der Waals surface area contributed by atoms with Gasteiger partial charge in [-0.3, -0.25) is 0 Å². The van der Waals surface area contributed by atoms with Crippen LogP contribution in [0.4, 0.5) is 0 Å². The molecule has 0 aliphatic rings. The molecule has 0 aliphatic carbocycles. The third kappa shape index (κ3) is 2.83. The number of aliphatic hydroxyl groups is 1. The highest BCUT2D eigenvalue weighted by Gasteiger charge is 2.22. The van der Waals surface area contributed by atoms with Crippen molar-refractivity contribution in [3.05, 3.63) is 34.9 Å². The summed E-state index contributed by atoms with van der Waals surface area (Å²) >= 11 is 0. The van der Waals surface area contributed by atoms with Crippen LogP contribution in [-0.4, -0.2) is 11.7 Å². The van der Waals surface area contributed by atoms with Crippen LogP contribution in [0, 0.1) is 25.7 Å². The van der Waals surface area contributed by atoms with Gasteiger partial charge in [0.1, 0.15) is 0 Å². The average Bonchev–Trinajstić information content (AvgIpc) is 2.22. The van der Waals surface area contributed by atoms with Gasteiger partial charge in [-0.2, -0.15) is 0 Å². The minimum absolute atomic E-state index is 0.127. The molecule has 2 unspecified atom stereocenters. The van der Waals surface area contributed by atoms with Crippen molar-refractivity contribution in [3.8, 4) is 0 Å². The molecule has 2 atom stereocenters. The number of aryl methyl sites for hydroxylation is 2. The Balaban J connectivity index is 2.94. The second-order valence-electron chi connectivity index (χ2n) is 4.93. The topological polar surface area (TPSA) is 46.2 Å². The van der Waals surface area contributed by atoms with Crippen LogP contribution < -0.4 is 5.73 Å². The van der Waals surface area contributed by atoms with Gasteiger partial charge >= 0.3 is 0 Å². The first-order chi connectivity index (χ1) is 7.47. The molecule has 0 saturated heterocycles. The minimum atomic E-state index is -0.454. The Morgan fingerprint density at radius 3 is 2.25 bits per heavy atom. The summed E-state index contributed by atoms with van der Waals surface area (Å²) in [5.41, 5.74) is 9.17. The summed E-state index contributed by atoms with van der Waals surface area (Å²) in [6, 6.07) is 6.12. The number of hydrogen-bond acceptors (Lipinski definition) is 2. The van der Waals surface area contributed by atoms with Crippen molar-refractivity contribution >= 4 is 0 Å². The van der Waals surface area contributed by atoms with Crippen molar-refractivity contribution in [1.29, 1.82) is 0 Å². The van der Waals surface area contributed by atoms with E-state index in [1.165, 1.54) is 11.1 Å². The second-order valence-corrected chi connectivity index (χ2v) is 4.93. The van der Waals surface area contributed by atoms with Crippen molar-refractivity contribution in [3.63, 3.8) is 0 Å². The summed E-state index contributed by atoms with van der Waals surface area (Å²) in [7, 11) is 0. The lowest BCUT2D eigenvalue weighted by atomic mass is 9.86. The lowest BCUT2D eigenvalue weighted by Gasteiger charge is -2.25. The van der Waals surface area contributed by atoms with Crippen molar-refractivity contribution in [2.24, 2.45) is 17.6 Å². The van der Waals surface area contributed by atoms with E-state index in [9.17, 15) is 5.11 Å². The van der Waals surface area contributed by atoms with Gasteiger partial charge in [-0.25, -0.2) is 0 Å². The number of aliphatic hydroxyl groups excluding tert-OH is 1. The molecule has 0 radical (unpaired) electrons. The molecule has 2 heteroatoms. The largest absolute Gasteiger partial charge is 0.388 e. The van der Waals surface area contributed by atoms with Crippen LogP contribution in [0.1, 0.15) is 36.6 Å². The minimum Gasteiger partial charge on any atom is -0.388 e. The first-order valence-electron chi connectivity index (χ1n) is 5.92. The summed E-state index contributed by atoms with van der Waals surface area (Å²) in [4.78, 5) is 0. The SMILES string of the molecule is Cc1ccc(C(O)C(CN)C(C)C)cc1C. The van der Waals surface area contributed by atoms with Gasteiger partial charge in [-0.05, 0) is 43.0 Å². The van der Waals surface area contributed by atoms with Gasteiger partial charge in [-0.1, -0.05) is 32.0 Å². The van der Waals surface area contributed by atoms with Crippen molar-refractivity contribution < 1.29 is 5.11 Å². The molecule has 0 amide bonds.